The number of hydrogen-bond donors (Lipinski definition) is 1. The number of halogens is 1. The Balaban J connectivity index is 1.60. The molecule has 1 N–H and O–H groups in total. The number of nitrogens with zero attached hydrogens (tertiary/aromatic N) is 1. The van der Waals surface area contributed by atoms with Gasteiger partial charge in [-0.2, -0.15) is 0 Å². The van der Waals surface area contributed by atoms with Gasteiger partial charge in [0.25, 0.3) is 0 Å². The number of carbonyl (C=O) groups excluding carboxylic acids is 2. The first-order valence-electron chi connectivity index (χ1n) is 11.0. The predicted octanol–water partition coefficient (Wildman–Crippen LogP) is 5.00. The molecule has 1 heterocycles. The van der Waals surface area contributed by atoms with Crippen molar-refractivity contribution >= 4 is 35.1 Å². The first-order chi connectivity index (χ1) is 15.9. The van der Waals surface area contributed by atoms with Gasteiger partial charge in [-0.3, -0.25) is 9.59 Å². The molecular weight excluding hydrogens is 438 g/mol. The van der Waals surface area contributed by atoms with Crippen LogP contribution in [0.15, 0.2) is 66.7 Å². The van der Waals surface area contributed by atoms with Gasteiger partial charge >= 0.3 is 5.97 Å². The average Bonchev–Trinajstić information content (AvgIpc) is 3.10. The Kier molecular flexibility index (Phi) is 4.15. The molecule has 0 saturated carbocycles. The molecule has 0 radical (unpaired) electrons. The molecule has 164 valence electrons. The highest BCUT2D eigenvalue weighted by atomic mass is 35.5. The van der Waals surface area contributed by atoms with Crippen LogP contribution in [0.5, 0.6) is 0 Å². The van der Waals surface area contributed by atoms with E-state index in [0.717, 1.165) is 22.3 Å². The van der Waals surface area contributed by atoms with Crippen molar-refractivity contribution in [1.82, 2.24) is 0 Å². The van der Waals surface area contributed by atoms with Gasteiger partial charge < -0.3 is 5.11 Å². The number of carboxylic acid groups (broad SMARTS) is 1. The molecule has 2 bridgehead atoms. The number of aromatic carboxylic acids is 1. The normalized spacial score (nSPS) is 26.7. The number of benzene rings is 3. The first-order valence-corrected chi connectivity index (χ1v) is 11.4. The summed E-state index contributed by atoms with van der Waals surface area (Å²) in [6, 6.07) is 20.6. The molecule has 4 aliphatic rings. The minimum Gasteiger partial charge on any atom is -0.478 e. The van der Waals surface area contributed by atoms with Crippen LogP contribution in [0, 0.1) is 11.8 Å². The maximum atomic E-state index is 14.0. The predicted molar refractivity (Wildman–Crippen MR) is 124 cm³/mol. The standard InChI is InChI=1S/C27H20ClNO4/c1-2-27-18-9-5-3-7-15(18)21(16-8-4-6-10-19(16)27)22-23(27)25(31)29(24(22)30)14-11-12-20(28)17(13-14)26(32)33/h3-13,21-23H,2H2,1H3,(H,32,33)/t21?,22-,23+,27?/m0/s1. The first kappa shape index (κ1) is 20.2. The van der Waals surface area contributed by atoms with E-state index >= 15 is 0 Å². The summed E-state index contributed by atoms with van der Waals surface area (Å²) in [5.41, 5.74) is 3.93. The van der Waals surface area contributed by atoms with Crippen LogP contribution >= 0.6 is 11.6 Å². The lowest BCUT2D eigenvalue weighted by Gasteiger charge is -2.54. The highest BCUT2D eigenvalue weighted by molar-refractivity contribution is 6.34. The van der Waals surface area contributed by atoms with Crippen LogP contribution in [0.1, 0.15) is 51.9 Å². The fraction of sp³-hybridized carbons (Fsp3) is 0.222. The van der Waals surface area contributed by atoms with Crippen LogP contribution < -0.4 is 4.90 Å². The smallest absolute Gasteiger partial charge is 0.337 e. The lowest BCUT2D eigenvalue weighted by atomic mass is 9.46. The van der Waals surface area contributed by atoms with Crippen LogP contribution in [0.3, 0.4) is 0 Å². The van der Waals surface area contributed by atoms with Gasteiger partial charge in [-0.25, -0.2) is 9.69 Å². The van der Waals surface area contributed by atoms with Gasteiger partial charge in [0.1, 0.15) is 0 Å². The van der Waals surface area contributed by atoms with Crippen LogP contribution in [-0.4, -0.2) is 22.9 Å². The van der Waals surface area contributed by atoms with E-state index in [9.17, 15) is 19.5 Å². The third-order valence-corrected chi connectivity index (χ3v) is 8.12. The van der Waals surface area contributed by atoms with Gasteiger partial charge in [-0.05, 0) is 46.9 Å². The van der Waals surface area contributed by atoms with E-state index in [1.54, 1.807) is 6.07 Å². The molecule has 0 spiro atoms. The Morgan fingerprint density at radius 2 is 1.58 bits per heavy atom. The lowest BCUT2D eigenvalue weighted by molar-refractivity contribution is -0.123. The van der Waals surface area contributed by atoms with Crippen molar-refractivity contribution in [3.8, 4) is 0 Å². The Morgan fingerprint density at radius 3 is 2.15 bits per heavy atom. The summed E-state index contributed by atoms with van der Waals surface area (Å²) in [5.74, 6) is -3.07. The molecule has 3 aliphatic carbocycles. The molecule has 2 atom stereocenters. The lowest BCUT2D eigenvalue weighted by Crippen LogP contribution is -2.53. The number of carbonyl (C=O) groups is 3. The third-order valence-electron chi connectivity index (χ3n) is 7.79. The van der Waals surface area contributed by atoms with Crippen molar-refractivity contribution in [3.05, 3.63) is 99.6 Å². The molecular formula is C27H20ClNO4. The molecule has 3 aromatic rings. The zero-order chi connectivity index (χ0) is 23.1. The summed E-state index contributed by atoms with van der Waals surface area (Å²) >= 11 is 6.05. The number of hydrogen-bond acceptors (Lipinski definition) is 3. The van der Waals surface area contributed by atoms with Crippen LogP contribution in [0.25, 0.3) is 0 Å². The molecule has 0 aromatic heterocycles. The second-order valence-electron chi connectivity index (χ2n) is 8.96. The van der Waals surface area contributed by atoms with Gasteiger partial charge in [0.05, 0.1) is 28.1 Å². The summed E-state index contributed by atoms with van der Waals surface area (Å²) < 4.78 is 0. The third kappa shape index (κ3) is 2.35. The summed E-state index contributed by atoms with van der Waals surface area (Å²) in [7, 11) is 0. The van der Waals surface area contributed by atoms with Crippen molar-refractivity contribution < 1.29 is 19.5 Å². The molecule has 1 saturated heterocycles. The molecule has 5 nitrogen and oxygen atoms in total. The van der Waals surface area contributed by atoms with Gasteiger partial charge in [0.15, 0.2) is 0 Å². The Bertz CT molecular complexity index is 1330. The van der Waals surface area contributed by atoms with Crippen molar-refractivity contribution in [1.29, 1.82) is 0 Å². The van der Waals surface area contributed by atoms with E-state index in [-0.39, 0.29) is 34.0 Å². The minimum absolute atomic E-state index is 0.0627. The van der Waals surface area contributed by atoms with Crippen LogP contribution in [0.2, 0.25) is 5.02 Å². The summed E-state index contributed by atoms with van der Waals surface area (Å²) in [6.07, 6.45) is 0.669. The number of imide groups is 1. The maximum Gasteiger partial charge on any atom is 0.337 e. The molecule has 7 rings (SSSR count). The number of rotatable bonds is 3. The van der Waals surface area contributed by atoms with Gasteiger partial charge in [0, 0.05) is 11.3 Å². The average molecular weight is 458 g/mol. The number of anilines is 1. The van der Waals surface area contributed by atoms with E-state index in [0.29, 0.717) is 6.42 Å². The molecule has 6 heteroatoms. The Labute approximate surface area is 195 Å². The van der Waals surface area contributed by atoms with Crippen molar-refractivity contribution in [2.45, 2.75) is 24.7 Å². The van der Waals surface area contributed by atoms with Gasteiger partial charge in [-0.15, -0.1) is 0 Å². The molecule has 33 heavy (non-hydrogen) atoms. The van der Waals surface area contributed by atoms with Crippen molar-refractivity contribution in [2.24, 2.45) is 11.8 Å². The van der Waals surface area contributed by atoms with Gasteiger partial charge in [-0.1, -0.05) is 67.1 Å². The molecule has 2 amide bonds. The van der Waals surface area contributed by atoms with Crippen LogP contribution in [0.4, 0.5) is 5.69 Å². The van der Waals surface area contributed by atoms with Crippen molar-refractivity contribution in [2.75, 3.05) is 4.90 Å². The van der Waals surface area contributed by atoms with E-state index in [1.807, 2.05) is 24.3 Å². The maximum absolute atomic E-state index is 14.0. The molecule has 0 unspecified atom stereocenters. The topological polar surface area (TPSA) is 74.7 Å². The minimum atomic E-state index is -1.21. The highest BCUT2D eigenvalue weighted by Gasteiger charge is 2.67. The van der Waals surface area contributed by atoms with E-state index in [1.165, 1.54) is 17.0 Å². The molecule has 1 fully saturated rings. The van der Waals surface area contributed by atoms with E-state index in [4.69, 9.17) is 11.6 Å². The number of amides is 2. The SMILES string of the molecule is CCC12c3ccccc3C(c3ccccc31)[C@@H]1C(=O)N(c3ccc(Cl)c(C(=O)O)c3)C(=O)[C@@H]12. The van der Waals surface area contributed by atoms with Crippen LogP contribution in [-0.2, 0) is 15.0 Å². The van der Waals surface area contributed by atoms with E-state index in [2.05, 4.69) is 31.2 Å². The Hall–Kier alpha value is -3.44. The zero-order valence-electron chi connectivity index (χ0n) is 17.8. The molecule has 3 aromatic carbocycles. The zero-order valence-corrected chi connectivity index (χ0v) is 18.5. The second-order valence-corrected chi connectivity index (χ2v) is 9.37. The fourth-order valence-corrected chi connectivity index (χ4v) is 6.80. The highest BCUT2D eigenvalue weighted by Crippen LogP contribution is 2.65. The van der Waals surface area contributed by atoms with Gasteiger partial charge in [0.2, 0.25) is 11.8 Å². The van der Waals surface area contributed by atoms with E-state index < -0.39 is 23.2 Å². The quantitative estimate of drug-likeness (QED) is 0.562. The Morgan fingerprint density at radius 1 is 0.970 bits per heavy atom. The number of carboxylic acids is 1. The van der Waals surface area contributed by atoms with Crippen molar-refractivity contribution in [3.63, 3.8) is 0 Å². The molecule has 1 aliphatic heterocycles. The summed E-state index contributed by atoms with van der Waals surface area (Å²) in [4.78, 5) is 40.8. The second kappa shape index (κ2) is 6.78. The fourth-order valence-electron chi connectivity index (χ4n) is 6.60. The largest absolute Gasteiger partial charge is 0.478 e. The monoisotopic (exact) mass is 457 g/mol. The summed E-state index contributed by atoms with van der Waals surface area (Å²) in [5, 5.41) is 9.57. The summed E-state index contributed by atoms with van der Waals surface area (Å²) in [6.45, 7) is 2.07.